The number of aromatic nitrogens is 2. The lowest BCUT2D eigenvalue weighted by molar-refractivity contribution is -0.136. The molecule has 0 amide bonds. The average Bonchev–Trinajstić information content (AvgIpc) is 2.58. The van der Waals surface area contributed by atoms with E-state index in [1.165, 1.54) is 0 Å². The first kappa shape index (κ1) is 15.0. The van der Waals surface area contributed by atoms with Crippen LogP contribution in [0, 0.1) is 0 Å². The van der Waals surface area contributed by atoms with Crippen LogP contribution < -0.4 is 4.74 Å². The van der Waals surface area contributed by atoms with Crippen molar-refractivity contribution >= 4 is 17.0 Å². The SMILES string of the molecule is O=C(O)CCc1nc2ccccc2nc1OCc1ccccc1. The van der Waals surface area contributed by atoms with E-state index < -0.39 is 5.97 Å². The minimum Gasteiger partial charge on any atom is -0.481 e. The van der Waals surface area contributed by atoms with Gasteiger partial charge in [0.25, 0.3) is 0 Å². The molecule has 5 nitrogen and oxygen atoms in total. The summed E-state index contributed by atoms with van der Waals surface area (Å²) >= 11 is 0. The van der Waals surface area contributed by atoms with Crippen molar-refractivity contribution < 1.29 is 14.6 Å². The predicted molar refractivity (Wildman–Crippen MR) is 86.3 cm³/mol. The first-order valence-electron chi connectivity index (χ1n) is 7.36. The van der Waals surface area contributed by atoms with Gasteiger partial charge in [0.2, 0.25) is 5.88 Å². The normalized spacial score (nSPS) is 10.6. The third-order valence-electron chi connectivity index (χ3n) is 3.40. The van der Waals surface area contributed by atoms with Crippen LogP contribution in [0.3, 0.4) is 0 Å². The van der Waals surface area contributed by atoms with E-state index >= 15 is 0 Å². The molecule has 0 atom stereocenters. The molecule has 2 aromatic carbocycles. The van der Waals surface area contributed by atoms with Gasteiger partial charge >= 0.3 is 5.97 Å². The lowest BCUT2D eigenvalue weighted by Gasteiger charge is -2.10. The number of para-hydroxylation sites is 2. The van der Waals surface area contributed by atoms with Crippen LogP contribution in [-0.4, -0.2) is 21.0 Å². The van der Waals surface area contributed by atoms with Gasteiger partial charge in [0.1, 0.15) is 12.3 Å². The molecule has 3 aromatic rings. The molecule has 0 bridgehead atoms. The summed E-state index contributed by atoms with van der Waals surface area (Å²) < 4.78 is 5.80. The van der Waals surface area contributed by atoms with Crippen LogP contribution in [0.5, 0.6) is 5.88 Å². The first-order valence-corrected chi connectivity index (χ1v) is 7.36. The quantitative estimate of drug-likeness (QED) is 0.757. The summed E-state index contributed by atoms with van der Waals surface area (Å²) in [6.07, 6.45) is 0.284. The summed E-state index contributed by atoms with van der Waals surface area (Å²) in [4.78, 5) is 19.8. The van der Waals surface area contributed by atoms with Gasteiger partial charge < -0.3 is 9.84 Å². The molecular formula is C18H16N2O3. The van der Waals surface area contributed by atoms with Crippen molar-refractivity contribution in [2.24, 2.45) is 0 Å². The molecule has 1 aromatic heterocycles. The van der Waals surface area contributed by atoms with Crippen molar-refractivity contribution in [2.45, 2.75) is 19.4 Å². The van der Waals surface area contributed by atoms with Gasteiger partial charge in [-0.25, -0.2) is 9.97 Å². The van der Waals surface area contributed by atoms with E-state index in [4.69, 9.17) is 9.84 Å². The zero-order chi connectivity index (χ0) is 16.1. The summed E-state index contributed by atoms with van der Waals surface area (Å²) in [6.45, 7) is 0.369. The lowest BCUT2D eigenvalue weighted by Crippen LogP contribution is -2.06. The zero-order valence-corrected chi connectivity index (χ0v) is 12.5. The summed E-state index contributed by atoms with van der Waals surface area (Å²) in [5, 5.41) is 8.90. The largest absolute Gasteiger partial charge is 0.481 e. The van der Waals surface area contributed by atoms with E-state index in [1.54, 1.807) is 0 Å². The second-order valence-electron chi connectivity index (χ2n) is 5.13. The van der Waals surface area contributed by atoms with Gasteiger partial charge in [-0.15, -0.1) is 0 Å². The van der Waals surface area contributed by atoms with Crippen molar-refractivity contribution in [2.75, 3.05) is 0 Å². The molecule has 3 rings (SSSR count). The topological polar surface area (TPSA) is 72.3 Å². The second kappa shape index (κ2) is 6.87. The highest BCUT2D eigenvalue weighted by atomic mass is 16.5. The molecule has 0 fully saturated rings. The number of nitrogens with zero attached hydrogens (tertiary/aromatic N) is 2. The molecule has 0 aliphatic carbocycles. The standard InChI is InChI=1S/C18H16N2O3/c21-17(22)11-10-16-18(23-12-13-6-2-1-3-7-13)20-15-9-5-4-8-14(15)19-16/h1-9H,10-12H2,(H,21,22). The molecule has 0 aliphatic rings. The van der Waals surface area contributed by atoms with Gasteiger partial charge in [-0.2, -0.15) is 0 Å². The summed E-state index contributed by atoms with van der Waals surface area (Å²) in [5.41, 5.74) is 3.06. The molecule has 0 aliphatic heterocycles. The van der Waals surface area contributed by atoms with Crippen molar-refractivity contribution in [3.63, 3.8) is 0 Å². The minimum atomic E-state index is -0.867. The van der Waals surface area contributed by atoms with Crippen molar-refractivity contribution in [1.82, 2.24) is 9.97 Å². The molecule has 1 N–H and O–H groups in total. The third-order valence-corrected chi connectivity index (χ3v) is 3.40. The monoisotopic (exact) mass is 308 g/mol. The maximum atomic E-state index is 10.8. The van der Waals surface area contributed by atoms with Crippen LogP contribution in [0.2, 0.25) is 0 Å². The highest BCUT2D eigenvalue weighted by Crippen LogP contribution is 2.21. The maximum absolute atomic E-state index is 10.8. The third kappa shape index (κ3) is 3.83. The molecule has 116 valence electrons. The fourth-order valence-corrected chi connectivity index (χ4v) is 2.25. The van der Waals surface area contributed by atoms with Crippen LogP contribution in [0.25, 0.3) is 11.0 Å². The molecule has 0 spiro atoms. The maximum Gasteiger partial charge on any atom is 0.303 e. The Morgan fingerprint density at radius 3 is 2.30 bits per heavy atom. The number of carboxylic acids is 1. The van der Waals surface area contributed by atoms with E-state index in [1.807, 2.05) is 54.6 Å². The molecule has 5 heteroatoms. The Hall–Kier alpha value is -2.95. The van der Waals surface area contributed by atoms with Crippen molar-refractivity contribution in [1.29, 1.82) is 0 Å². The fraction of sp³-hybridized carbons (Fsp3) is 0.167. The summed E-state index contributed by atoms with van der Waals surface area (Å²) in [6, 6.07) is 17.2. The number of fused-ring (bicyclic) bond motifs is 1. The van der Waals surface area contributed by atoms with E-state index in [-0.39, 0.29) is 12.8 Å². The molecule has 0 radical (unpaired) electrons. The predicted octanol–water partition coefficient (Wildman–Crippen LogP) is 3.23. The first-order chi connectivity index (χ1) is 11.2. The Morgan fingerprint density at radius 2 is 1.61 bits per heavy atom. The van der Waals surface area contributed by atoms with Crippen LogP contribution in [0.1, 0.15) is 17.7 Å². The van der Waals surface area contributed by atoms with Crippen LogP contribution in [-0.2, 0) is 17.8 Å². The fourth-order valence-electron chi connectivity index (χ4n) is 2.25. The lowest BCUT2D eigenvalue weighted by atomic mass is 10.2. The zero-order valence-electron chi connectivity index (χ0n) is 12.5. The van der Waals surface area contributed by atoms with E-state index in [2.05, 4.69) is 9.97 Å². The summed E-state index contributed by atoms with van der Waals surface area (Å²) in [7, 11) is 0. The number of hydrogen-bond acceptors (Lipinski definition) is 4. The van der Waals surface area contributed by atoms with Crippen molar-refractivity contribution in [3.05, 3.63) is 65.9 Å². The van der Waals surface area contributed by atoms with Gasteiger partial charge in [0.15, 0.2) is 0 Å². The van der Waals surface area contributed by atoms with Crippen LogP contribution >= 0.6 is 0 Å². The number of rotatable bonds is 6. The van der Waals surface area contributed by atoms with Gasteiger partial charge in [-0.3, -0.25) is 4.79 Å². The Labute approximate surface area is 133 Å². The highest BCUT2D eigenvalue weighted by molar-refractivity contribution is 5.75. The highest BCUT2D eigenvalue weighted by Gasteiger charge is 2.12. The van der Waals surface area contributed by atoms with E-state index in [0.29, 0.717) is 18.2 Å². The number of carbonyl (C=O) groups is 1. The molecule has 0 saturated carbocycles. The van der Waals surface area contributed by atoms with E-state index in [0.717, 1.165) is 16.6 Å². The number of ether oxygens (including phenoxy) is 1. The average molecular weight is 308 g/mol. The van der Waals surface area contributed by atoms with Gasteiger partial charge in [-0.05, 0) is 17.7 Å². The van der Waals surface area contributed by atoms with Crippen LogP contribution in [0.4, 0.5) is 0 Å². The summed E-state index contributed by atoms with van der Waals surface area (Å²) in [5.74, 6) is -0.470. The smallest absolute Gasteiger partial charge is 0.303 e. The second-order valence-corrected chi connectivity index (χ2v) is 5.13. The number of aryl methyl sites for hydroxylation is 1. The molecule has 0 saturated heterocycles. The number of hydrogen-bond donors (Lipinski definition) is 1. The number of carboxylic acid groups (broad SMARTS) is 1. The Bertz CT molecular complexity index is 819. The molecule has 0 unspecified atom stereocenters. The van der Waals surface area contributed by atoms with E-state index in [9.17, 15) is 4.79 Å². The Kier molecular flexibility index (Phi) is 4.47. The Morgan fingerprint density at radius 1 is 0.957 bits per heavy atom. The molecule has 23 heavy (non-hydrogen) atoms. The van der Waals surface area contributed by atoms with Crippen LogP contribution in [0.15, 0.2) is 54.6 Å². The minimum absolute atomic E-state index is 0.00524. The van der Waals surface area contributed by atoms with Gasteiger partial charge in [0, 0.05) is 6.42 Å². The number of benzene rings is 2. The van der Waals surface area contributed by atoms with Crippen molar-refractivity contribution in [3.8, 4) is 5.88 Å². The number of aliphatic carboxylic acids is 1. The molecule has 1 heterocycles. The van der Waals surface area contributed by atoms with Gasteiger partial charge in [0.05, 0.1) is 17.5 Å². The Balaban J connectivity index is 1.88. The molecular weight excluding hydrogens is 292 g/mol. The van der Waals surface area contributed by atoms with Gasteiger partial charge in [-0.1, -0.05) is 42.5 Å².